The molecule has 88 valence electrons. The highest BCUT2D eigenvalue weighted by molar-refractivity contribution is 5.96. The second kappa shape index (κ2) is 3.81. The predicted molar refractivity (Wildman–Crippen MR) is 55.7 cm³/mol. The first-order valence-electron chi connectivity index (χ1n) is 4.62. The van der Waals surface area contributed by atoms with Crippen LogP contribution in [0.4, 0.5) is 5.69 Å². The topological polar surface area (TPSA) is 99.6 Å². The van der Waals surface area contributed by atoms with E-state index in [4.69, 9.17) is 0 Å². The van der Waals surface area contributed by atoms with Gasteiger partial charge in [0, 0.05) is 6.07 Å². The monoisotopic (exact) mass is 236 g/mol. The van der Waals surface area contributed by atoms with E-state index in [0.29, 0.717) is 5.82 Å². The zero-order valence-corrected chi connectivity index (χ0v) is 9.08. The summed E-state index contributed by atoms with van der Waals surface area (Å²) in [5.41, 5.74) is 0.0306. The molecule has 17 heavy (non-hydrogen) atoms. The summed E-state index contributed by atoms with van der Waals surface area (Å²) >= 11 is 0. The number of rotatable bonds is 2. The van der Waals surface area contributed by atoms with Gasteiger partial charge in [-0.15, -0.1) is 10.2 Å². The molecule has 2 aromatic rings. The molecule has 0 bridgehead atoms. The minimum atomic E-state index is -0.689. The van der Waals surface area contributed by atoms with Crippen LogP contribution in [-0.2, 0) is 4.74 Å². The summed E-state index contributed by atoms with van der Waals surface area (Å²) in [6.07, 6.45) is 1.26. The maximum absolute atomic E-state index is 11.5. The number of nitrogens with zero attached hydrogens (tertiary/aromatic N) is 4. The SMILES string of the molecule is COC(=O)c1cc([N+](=O)[O-])cn2c(C)nnc12. The van der Waals surface area contributed by atoms with Crippen molar-refractivity contribution in [1.82, 2.24) is 14.6 Å². The molecule has 0 amide bonds. The molecule has 0 aliphatic heterocycles. The Labute approximate surface area is 95.0 Å². The van der Waals surface area contributed by atoms with Crippen LogP contribution in [0.3, 0.4) is 0 Å². The van der Waals surface area contributed by atoms with Crippen LogP contribution in [0, 0.1) is 17.0 Å². The largest absolute Gasteiger partial charge is 0.465 e. The van der Waals surface area contributed by atoms with E-state index in [0.717, 1.165) is 6.07 Å². The van der Waals surface area contributed by atoms with Crippen molar-refractivity contribution in [2.24, 2.45) is 0 Å². The van der Waals surface area contributed by atoms with Gasteiger partial charge in [0.1, 0.15) is 11.4 Å². The van der Waals surface area contributed by atoms with Crippen molar-refractivity contribution in [2.75, 3.05) is 7.11 Å². The zero-order valence-electron chi connectivity index (χ0n) is 9.08. The van der Waals surface area contributed by atoms with Crippen LogP contribution in [0.5, 0.6) is 0 Å². The predicted octanol–water partition coefficient (Wildman–Crippen LogP) is 0.733. The smallest absolute Gasteiger partial charge is 0.341 e. The fourth-order valence-corrected chi connectivity index (χ4v) is 1.45. The number of hydrogen-bond donors (Lipinski definition) is 0. The number of aromatic nitrogens is 3. The molecule has 0 unspecified atom stereocenters. The number of carbonyl (C=O) groups excluding carboxylic acids is 1. The van der Waals surface area contributed by atoms with Gasteiger partial charge < -0.3 is 4.74 Å². The Morgan fingerprint density at radius 2 is 2.24 bits per heavy atom. The lowest BCUT2D eigenvalue weighted by atomic mass is 10.2. The van der Waals surface area contributed by atoms with Crippen molar-refractivity contribution >= 4 is 17.3 Å². The van der Waals surface area contributed by atoms with E-state index in [2.05, 4.69) is 14.9 Å². The molecule has 0 saturated carbocycles. The molecule has 0 atom stereocenters. The fourth-order valence-electron chi connectivity index (χ4n) is 1.45. The normalized spacial score (nSPS) is 10.5. The van der Waals surface area contributed by atoms with Crippen molar-refractivity contribution in [3.63, 3.8) is 0 Å². The molecule has 8 heteroatoms. The number of nitro groups is 1. The van der Waals surface area contributed by atoms with Gasteiger partial charge in [-0.2, -0.15) is 0 Å². The average molecular weight is 236 g/mol. The van der Waals surface area contributed by atoms with Crippen LogP contribution in [-0.4, -0.2) is 32.6 Å². The summed E-state index contributed by atoms with van der Waals surface area (Å²) < 4.78 is 5.93. The van der Waals surface area contributed by atoms with Gasteiger partial charge in [0.25, 0.3) is 5.69 Å². The van der Waals surface area contributed by atoms with E-state index < -0.39 is 10.9 Å². The molecule has 8 nitrogen and oxygen atoms in total. The quantitative estimate of drug-likeness (QED) is 0.433. The first-order chi connectivity index (χ1) is 8.04. The number of methoxy groups -OCH3 is 1. The molecule has 0 saturated heterocycles. The van der Waals surface area contributed by atoms with Gasteiger partial charge in [0.2, 0.25) is 0 Å². The lowest BCUT2D eigenvalue weighted by Crippen LogP contribution is -2.06. The van der Waals surface area contributed by atoms with E-state index in [1.807, 2.05) is 0 Å². The van der Waals surface area contributed by atoms with Crippen molar-refractivity contribution < 1.29 is 14.5 Å². The van der Waals surface area contributed by atoms with Gasteiger partial charge in [-0.25, -0.2) is 4.79 Å². The van der Waals surface area contributed by atoms with Crippen molar-refractivity contribution in [1.29, 1.82) is 0 Å². The maximum atomic E-state index is 11.5. The Balaban J connectivity index is 2.79. The molecule has 2 aromatic heterocycles. The Kier molecular flexibility index (Phi) is 2.47. The molecule has 2 rings (SSSR count). The van der Waals surface area contributed by atoms with Crippen LogP contribution in [0.2, 0.25) is 0 Å². The Morgan fingerprint density at radius 3 is 2.82 bits per heavy atom. The van der Waals surface area contributed by atoms with E-state index in [1.165, 1.54) is 17.7 Å². The summed E-state index contributed by atoms with van der Waals surface area (Å²) in [6.45, 7) is 1.63. The van der Waals surface area contributed by atoms with Gasteiger partial charge in [0.15, 0.2) is 5.65 Å². The van der Waals surface area contributed by atoms with E-state index >= 15 is 0 Å². The van der Waals surface area contributed by atoms with Gasteiger partial charge >= 0.3 is 5.97 Å². The van der Waals surface area contributed by atoms with Crippen molar-refractivity contribution in [2.45, 2.75) is 6.92 Å². The summed E-state index contributed by atoms with van der Waals surface area (Å²) in [5, 5.41) is 18.3. The molecular weight excluding hydrogens is 228 g/mol. The van der Waals surface area contributed by atoms with Crippen LogP contribution < -0.4 is 0 Å². The highest BCUT2D eigenvalue weighted by Gasteiger charge is 2.20. The maximum Gasteiger partial charge on any atom is 0.341 e. The third-order valence-corrected chi connectivity index (χ3v) is 2.28. The second-order valence-electron chi connectivity index (χ2n) is 3.30. The molecular formula is C9H8N4O4. The number of carbonyl (C=O) groups is 1. The molecule has 2 heterocycles. The van der Waals surface area contributed by atoms with E-state index in [9.17, 15) is 14.9 Å². The minimum absolute atomic E-state index is 0.0160. The fraction of sp³-hybridized carbons (Fsp3) is 0.222. The van der Waals surface area contributed by atoms with Crippen LogP contribution >= 0.6 is 0 Å². The van der Waals surface area contributed by atoms with Gasteiger partial charge in [-0.05, 0) is 6.92 Å². The minimum Gasteiger partial charge on any atom is -0.465 e. The number of hydrogen-bond acceptors (Lipinski definition) is 6. The molecule has 0 aromatic carbocycles. The molecule has 0 N–H and O–H groups in total. The highest BCUT2D eigenvalue weighted by atomic mass is 16.6. The third kappa shape index (κ3) is 1.69. The highest BCUT2D eigenvalue weighted by Crippen LogP contribution is 2.19. The lowest BCUT2D eigenvalue weighted by Gasteiger charge is -2.01. The first-order valence-corrected chi connectivity index (χ1v) is 4.62. The van der Waals surface area contributed by atoms with Crippen LogP contribution in [0.25, 0.3) is 5.65 Å². The zero-order chi connectivity index (χ0) is 12.6. The third-order valence-electron chi connectivity index (χ3n) is 2.28. The number of esters is 1. The van der Waals surface area contributed by atoms with Gasteiger partial charge in [-0.3, -0.25) is 14.5 Å². The number of aryl methyl sites for hydroxylation is 1. The van der Waals surface area contributed by atoms with Crippen LogP contribution in [0.15, 0.2) is 12.3 Å². The molecule has 0 fully saturated rings. The van der Waals surface area contributed by atoms with Crippen molar-refractivity contribution in [3.05, 3.63) is 33.8 Å². The average Bonchev–Trinajstić information content (AvgIpc) is 2.69. The summed E-state index contributed by atoms with van der Waals surface area (Å²) in [5.74, 6) is -0.236. The summed E-state index contributed by atoms with van der Waals surface area (Å²) in [7, 11) is 1.20. The van der Waals surface area contributed by atoms with E-state index in [-0.39, 0.29) is 16.9 Å². The summed E-state index contributed by atoms with van der Waals surface area (Å²) in [4.78, 5) is 21.6. The standard InChI is InChI=1S/C9H8N4O4/c1-5-10-11-8-7(9(14)17-2)3-6(13(15)16)4-12(5)8/h3-4H,1-2H3. The summed E-state index contributed by atoms with van der Waals surface area (Å²) in [6, 6.07) is 1.12. The van der Waals surface area contributed by atoms with Crippen LogP contribution in [0.1, 0.15) is 16.2 Å². The van der Waals surface area contributed by atoms with Gasteiger partial charge in [-0.1, -0.05) is 0 Å². The second-order valence-corrected chi connectivity index (χ2v) is 3.30. The molecule has 0 aliphatic rings. The molecule has 0 aliphatic carbocycles. The van der Waals surface area contributed by atoms with Crippen molar-refractivity contribution in [3.8, 4) is 0 Å². The number of ether oxygens (including phenoxy) is 1. The Bertz CT molecular complexity index is 619. The first kappa shape index (κ1) is 11.0. The molecule has 0 spiro atoms. The number of fused-ring (bicyclic) bond motifs is 1. The number of pyridine rings is 1. The van der Waals surface area contributed by atoms with Gasteiger partial charge in [0.05, 0.1) is 18.2 Å². The lowest BCUT2D eigenvalue weighted by molar-refractivity contribution is -0.385. The molecule has 0 radical (unpaired) electrons. The Hall–Kier alpha value is -2.51. The van der Waals surface area contributed by atoms with E-state index in [1.54, 1.807) is 6.92 Å². The Morgan fingerprint density at radius 1 is 1.53 bits per heavy atom.